The van der Waals surface area contributed by atoms with Crippen molar-refractivity contribution < 1.29 is 29.6 Å². The highest BCUT2D eigenvalue weighted by Gasteiger charge is 2.36. The molecule has 9 unspecified atom stereocenters. The molecule has 9 heteroatoms. The van der Waals surface area contributed by atoms with Gasteiger partial charge in [-0.15, -0.1) is 0 Å². The first kappa shape index (κ1) is 45.3. The largest absolute Gasteiger partial charge is 0.504 e. The molecule has 330 valence electrons. The van der Waals surface area contributed by atoms with E-state index >= 15 is 0 Å². The lowest BCUT2D eigenvalue weighted by Gasteiger charge is -2.39. The van der Waals surface area contributed by atoms with Gasteiger partial charge in [-0.05, 0) is 139 Å². The number of nitrogens with two attached hydrogens (primary N) is 1. The summed E-state index contributed by atoms with van der Waals surface area (Å²) in [5, 5.41) is 41.0. The van der Waals surface area contributed by atoms with Crippen LogP contribution in [-0.4, -0.2) is 63.8 Å². The Bertz CT molecular complexity index is 2230. The number of fused-ring (bicyclic) bond motifs is 3. The number of aryl methyl sites for hydroxylation is 1. The highest BCUT2D eigenvalue weighted by molar-refractivity contribution is 5.85. The third-order valence-corrected chi connectivity index (χ3v) is 14.1. The van der Waals surface area contributed by atoms with Crippen LogP contribution in [0.1, 0.15) is 131 Å². The fourth-order valence-electron chi connectivity index (χ4n) is 10.6. The van der Waals surface area contributed by atoms with E-state index in [1.807, 2.05) is 30.3 Å². The Morgan fingerprint density at radius 1 is 0.887 bits per heavy atom. The number of piperidine rings is 1. The molecular weight excluding hydrogens is 775 g/mol. The van der Waals surface area contributed by atoms with E-state index in [0.29, 0.717) is 79.7 Å². The lowest BCUT2D eigenvalue weighted by Crippen LogP contribution is -2.48. The Morgan fingerprint density at radius 3 is 2.48 bits per heavy atom. The molecule has 2 fully saturated rings. The molecule has 9 atom stereocenters. The van der Waals surface area contributed by atoms with Gasteiger partial charge in [-0.2, -0.15) is 0 Å². The van der Waals surface area contributed by atoms with Crippen LogP contribution in [0, 0.1) is 41.4 Å². The number of nitrogen functional groups attached to an aromatic ring is 1. The zero-order chi connectivity index (χ0) is 43.8. The normalized spacial score (nSPS) is 23.5. The van der Waals surface area contributed by atoms with Crippen molar-refractivity contribution in [1.82, 2.24) is 10.3 Å². The zero-order valence-electron chi connectivity index (χ0n) is 36.9. The smallest absolute Gasteiger partial charge is 0.160 e. The number of hydrogen-bond acceptors (Lipinski definition) is 9. The molecule has 2 heterocycles. The number of nitrogens with one attached hydrogen (secondary N) is 1. The number of ether oxygens (including phenoxy) is 1. The number of aliphatic hydroxyl groups is 2. The number of benzene rings is 3. The van der Waals surface area contributed by atoms with E-state index in [1.165, 1.54) is 7.11 Å². The number of ketones is 2. The van der Waals surface area contributed by atoms with Crippen LogP contribution in [0.15, 0.2) is 72.9 Å². The average Bonchev–Trinajstić information content (AvgIpc) is 3.32. The predicted octanol–water partition coefficient (Wildman–Crippen LogP) is 9.04. The molecule has 0 radical (unpaired) electrons. The number of hydrogen-bond donors (Lipinski definition) is 5. The van der Waals surface area contributed by atoms with Crippen LogP contribution in [-0.2, 0) is 16.0 Å². The van der Waals surface area contributed by atoms with Gasteiger partial charge in [0, 0.05) is 43.3 Å². The number of aromatic hydroxyl groups is 1. The molecule has 7 rings (SSSR count). The Morgan fingerprint density at radius 2 is 1.69 bits per heavy atom. The van der Waals surface area contributed by atoms with Crippen molar-refractivity contribution in [2.75, 3.05) is 19.4 Å². The third-order valence-electron chi connectivity index (χ3n) is 14.1. The summed E-state index contributed by atoms with van der Waals surface area (Å²) in [4.78, 5) is 30.1. The van der Waals surface area contributed by atoms with Gasteiger partial charge >= 0.3 is 0 Å². The van der Waals surface area contributed by atoms with Crippen LogP contribution in [0.2, 0.25) is 0 Å². The highest BCUT2D eigenvalue weighted by Crippen LogP contribution is 2.42. The summed E-state index contributed by atoms with van der Waals surface area (Å²) in [6.45, 7) is 5.35. The van der Waals surface area contributed by atoms with E-state index < -0.39 is 24.0 Å². The van der Waals surface area contributed by atoms with Crippen molar-refractivity contribution >= 4 is 28.2 Å². The monoisotopic (exact) mass is 842 g/mol. The maximum absolute atomic E-state index is 13.8. The highest BCUT2D eigenvalue weighted by atomic mass is 16.5. The fourth-order valence-corrected chi connectivity index (χ4v) is 10.6. The number of pyridine rings is 1. The molecule has 1 saturated heterocycles. The standard InChI is InChI=1S/C53H67N3O6/c1-33(2)12-20-44(53(41-24-25-55-52(54)29-41)40-14-13-35-9-5-6-10-37(35)27-40)49(60)22-17-36-16-21-43(48(59)23-18-38-28-51(62-3)50(61)31-45(36)38)47(58)11-7-4-8-34-26-39-15-19-42(57)30-46(39)56-32-34/h5-6,9-10,13-14,24-25,27-29,31,33-34,36,39,43-44,46-47,49,53,56,58,60-61H,4,7-8,11-12,15,17-20,22-23,26,30,32H2,1-3H3,(H2,54,55). The summed E-state index contributed by atoms with van der Waals surface area (Å²) in [6.07, 6.45) is 10.2. The molecule has 2 aliphatic carbocycles. The maximum atomic E-state index is 13.8. The molecule has 1 saturated carbocycles. The van der Waals surface area contributed by atoms with Gasteiger partial charge in [0.05, 0.1) is 19.3 Å². The fraction of sp³-hybridized carbons (Fsp3) is 0.528. The lowest BCUT2D eigenvalue weighted by molar-refractivity contribution is -0.124. The summed E-state index contributed by atoms with van der Waals surface area (Å²) in [7, 11) is 1.51. The van der Waals surface area contributed by atoms with Gasteiger partial charge in [-0.25, -0.2) is 4.98 Å². The van der Waals surface area contributed by atoms with E-state index in [4.69, 9.17) is 10.5 Å². The molecule has 9 nitrogen and oxygen atoms in total. The molecule has 4 aromatic rings. The van der Waals surface area contributed by atoms with E-state index in [0.717, 1.165) is 84.5 Å². The van der Waals surface area contributed by atoms with E-state index in [9.17, 15) is 24.9 Å². The quantitative estimate of drug-likeness (QED) is 0.0518. The van der Waals surface area contributed by atoms with Crippen molar-refractivity contribution in [2.24, 2.45) is 29.6 Å². The Kier molecular flexibility index (Phi) is 15.4. The summed E-state index contributed by atoms with van der Waals surface area (Å²) in [6, 6.07) is 22.6. The summed E-state index contributed by atoms with van der Waals surface area (Å²) in [5.41, 5.74) is 10.1. The van der Waals surface area contributed by atoms with Crippen molar-refractivity contribution in [3.8, 4) is 23.3 Å². The molecule has 3 aromatic carbocycles. The molecule has 3 aliphatic rings. The number of aromatic nitrogens is 1. The van der Waals surface area contributed by atoms with Crippen LogP contribution < -0.4 is 15.8 Å². The van der Waals surface area contributed by atoms with Gasteiger partial charge in [0.15, 0.2) is 17.3 Å². The maximum Gasteiger partial charge on any atom is 0.160 e. The van der Waals surface area contributed by atoms with Crippen LogP contribution >= 0.6 is 0 Å². The molecule has 0 bridgehead atoms. The van der Waals surface area contributed by atoms with Crippen molar-refractivity contribution in [3.05, 3.63) is 95.2 Å². The number of carbonyl (C=O) groups is 2. The van der Waals surface area contributed by atoms with Crippen LogP contribution in [0.3, 0.4) is 0 Å². The van der Waals surface area contributed by atoms with E-state index in [2.05, 4.69) is 66.3 Å². The van der Waals surface area contributed by atoms with Crippen molar-refractivity contribution in [1.29, 1.82) is 0 Å². The first-order valence-electron chi connectivity index (χ1n) is 23.2. The molecule has 0 amide bonds. The minimum Gasteiger partial charge on any atom is -0.504 e. The number of nitrogens with zero attached hydrogens (tertiary/aromatic N) is 1. The number of anilines is 1. The molecule has 1 aromatic heterocycles. The minimum absolute atomic E-state index is 0.00266. The number of methoxy groups -OCH3 is 1. The first-order chi connectivity index (χ1) is 30.0. The number of Topliss-reactive ketones (excluding diaryl/α,β-unsaturated/α-hetero) is 2. The van der Waals surface area contributed by atoms with Gasteiger partial charge in [-0.1, -0.05) is 87.4 Å². The Hall–Kier alpha value is -4.75. The molecule has 6 N–H and O–H groups in total. The van der Waals surface area contributed by atoms with Crippen molar-refractivity contribution in [3.63, 3.8) is 0 Å². The second-order valence-corrected chi connectivity index (χ2v) is 18.9. The van der Waals surface area contributed by atoms with E-state index in [-0.39, 0.29) is 29.8 Å². The third kappa shape index (κ3) is 11.2. The van der Waals surface area contributed by atoms with Gasteiger partial charge < -0.3 is 31.1 Å². The number of rotatable bonds is 17. The SMILES string of the molecule is COc1cc2c(cc1O)C(CCC(O)C(CCC(C)C)C(c1ccnc(N)c1)c1ccc3ccccc3c1)C#CC(C(O)CCCCC1CNC3CC(=O)CCC3C1)C(=O)CC2. The second kappa shape index (κ2) is 21.1. The lowest BCUT2D eigenvalue weighted by atomic mass is 9.73. The summed E-state index contributed by atoms with van der Waals surface area (Å²) >= 11 is 0. The molecule has 1 aliphatic heterocycles. The van der Waals surface area contributed by atoms with Gasteiger partial charge in [-0.3, -0.25) is 9.59 Å². The number of aliphatic hydroxyl groups excluding tert-OH is 2. The first-order valence-corrected chi connectivity index (χ1v) is 23.2. The Balaban J connectivity index is 1.11. The van der Waals surface area contributed by atoms with Crippen molar-refractivity contribution in [2.45, 2.75) is 134 Å². The van der Waals surface area contributed by atoms with E-state index in [1.54, 1.807) is 12.3 Å². The van der Waals surface area contributed by atoms with Gasteiger partial charge in [0.1, 0.15) is 17.5 Å². The zero-order valence-corrected chi connectivity index (χ0v) is 36.9. The van der Waals surface area contributed by atoms with Gasteiger partial charge in [0.2, 0.25) is 0 Å². The summed E-state index contributed by atoms with van der Waals surface area (Å²) in [5.74, 6) is 7.77. The molecule has 62 heavy (non-hydrogen) atoms. The second-order valence-electron chi connectivity index (χ2n) is 18.9. The van der Waals surface area contributed by atoms with Crippen LogP contribution in [0.4, 0.5) is 5.82 Å². The summed E-state index contributed by atoms with van der Waals surface area (Å²) < 4.78 is 5.50. The predicted molar refractivity (Wildman–Crippen MR) is 246 cm³/mol. The van der Waals surface area contributed by atoms with Crippen LogP contribution in [0.25, 0.3) is 10.8 Å². The van der Waals surface area contributed by atoms with Crippen LogP contribution in [0.5, 0.6) is 11.5 Å². The van der Waals surface area contributed by atoms with Gasteiger partial charge in [0.25, 0.3) is 0 Å². The molecular formula is C53H67N3O6. The number of phenols is 1. The average molecular weight is 842 g/mol. The minimum atomic E-state index is -0.889. The molecule has 0 spiro atoms. The Labute approximate surface area is 368 Å². The topological polar surface area (TPSA) is 155 Å². The number of unbranched alkanes of at least 4 members (excludes halogenated alkanes) is 1. The number of phenolic OH excluding ortho intramolecular Hbond substituents is 1. The number of carbonyl (C=O) groups excluding carboxylic acids is 2.